The highest BCUT2D eigenvalue weighted by atomic mass is 16.5. The molecule has 0 saturated carbocycles. The van der Waals surface area contributed by atoms with Gasteiger partial charge in [0.25, 0.3) is 0 Å². The van der Waals surface area contributed by atoms with Crippen molar-refractivity contribution in [2.75, 3.05) is 6.61 Å². The van der Waals surface area contributed by atoms with E-state index >= 15 is 0 Å². The van der Waals surface area contributed by atoms with Crippen LogP contribution in [0.15, 0.2) is 137 Å². The number of allylic oxidation sites excluding steroid dienone is 4. The summed E-state index contributed by atoms with van der Waals surface area (Å²) >= 11 is 0. The first-order chi connectivity index (χ1) is 19.6. The molecule has 40 heavy (non-hydrogen) atoms. The molecule has 0 spiro atoms. The van der Waals surface area contributed by atoms with Gasteiger partial charge >= 0.3 is 0 Å². The number of hydrogen-bond donors (Lipinski definition) is 0. The zero-order valence-corrected chi connectivity index (χ0v) is 22.7. The van der Waals surface area contributed by atoms with Gasteiger partial charge in [-0.3, -0.25) is 0 Å². The number of hydrogen-bond acceptors (Lipinski definition) is 5. The van der Waals surface area contributed by atoms with Gasteiger partial charge in [-0.1, -0.05) is 104 Å². The maximum Gasteiger partial charge on any atom is 0.134 e. The summed E-state index contributed by atoms with van der Waals surface area (Å²) in [6, 6.07) is 29.3. The van der Waals surface area contributed by atoms with Crippen molar-refractivity contribution >= 4 is 5.71 Å². The number of imidazole rings is 1. The molecule has 0 saturated heterocycles. The Labute approximate surface area is 234 Å². The molecular weight excluding hydrogens is 494 g/mol. The number of benzene rings is 3. The molecule has 6 heteroatoms. The third kappa shape index (κ3) is 4.62. The molecule has 0 amide bonds. The molecule has 0 radical (unpaired) electrons. The van der Waals surface area contributed by atoms with E-state index in [-0.39, 0.29) is 12.5 Å². The summed E-state index contributed by atoms with van der Waals surface area (Å²) < 4.78 is 8.46. The van der Waals surface area contributed by atoms with Gasteiger partial charge in [-0.2, -0.15) is 0 Å². The van der Waals surface area contributed by atoms with Crippen molar-refractivity contribution in [2.45, 2.75) is 31.7 Å². The van der Waals surface area contributed by atoms with E-state index in [0.29, 0.717) is 11.4 Å². The largest absolute Gasteiger partial charge is 0.487 e. The van der Waals surface area contributed by atoms with Gasteiger partial charge in [-0.25, -0.2) is 4.98 Å². The fourth-order valence-corrected chi connectivity index (χ4v) is 5.57. The van der Waals surface area contributed by atoms with E-state index in [4.69, 9.17) is 9.72 Å². The lowest BCUT2D eigenvalue weighted by atomic mass is 9.70. The molecule has 6 rings (SSSR count). The van der Waals surface area contributed by atoms with Crippen molar-refractivity contribution in [1.82, 2.24) is 9.55 Å². The van der Waals surface area contributed by atoms with E-state index in [1.54, 1.807) is 0 Å². The highest BCUT2D eigenvalue weighted by Gasteiger charge is 2.40. The van der Waals surface area contributed by atoms with Gasteiger partial charge in [-0.15, -0.1) is 10.2 Å². The zero-order valence-electron chi connectivity index (χ0n) is 22.7. The predicted molar refractivity (Wildman–Crippen MR) is 161 cm³/mol. The predicted octanol–water partition coefficient (Wildman–Crippen LogP) is 8.12. The quantitative estimate of drug-likeness (QED) is 0.233. The second-order valence-corrected chi connectivity index (χ2v) is 10.2. The van der Waals surface area contributed by atoms with Crippen molar-refractivity contribution in [3.05, 3.63) is 133 Å². The van der Waals surface area contributed by atoms with Crippen LogP contribution in [0, 0.1) is 0 Å². The number of aromatic nitrogens is 2. The Balaban J connectivity index is 1.43. The molecule has 0 N–H and O–H groups in total. The van der Waals surface area contributed by atoms with Crippen LogP contribution in [0.2, 0.25) is 0 Å². The van der Waals surface area contributed by atoms with Crippen molar-refractivity contribution in [3.8, 4) is 28.3 Å². The second-order valence-electron chi connectivity index (χ2n) is 10.2. The molecule has 2 aliphatic rings. The van der Waals surface area contributed by atoms with Crippen LogP contribution in [0.1, 0.15) is 31.2 Å². The van der Waals surface area contributed by atoms with E-state index in [1.165, 1.54) is 0 Å². The Morgan fingerprint density at radius 3 is 2.38 bits per heavy atom. The molecule has 2 unspecified atom stereocenters. The summed E-state index contributed by atoms with van der Waals surface area (Å²) in [4.78, 5) is 5.42. The summed E-state index contributed by atoms with van der Waals surface area (Å²) in [5.41, 5.74) is 6.33. The summed E-state index contributed by atoms with van der Waals surface area (Å²) in [5, 5.41) is 11.5. The minimum Gasteiger partial charge on any atom is -0.487 e. The SMILES string of the molecule is C=C1N=NN=C1COc1cccc(C2C=CC=CC2(C)c2nc(-c3ccccc3)c(-c3ccccc3)n2CC)c1. The maximum absolute atomic E-state index is 6.07. The van der Waals surface area contributed by atoms with Gasteiger partial charge in [-0.05, 0) is 36.8 Å². The molecule has 4 aromatic rings. The summed E-state index contributed by atoms with van der Waals surface area (Å²) in [7, 11) is 0. The van der Waals surface area contributed by atoms with Gasteiger partial charge in [0, 0.05) is 23.6 Å². The third-order valence-corrected chi connectivity index (χ3v) is 7.62. The van der Waals surface area contributed by atoms with Crippen LogP contribution in [-0.2, 0) is 12.0 Å². The van der Waals surface area contributed by atoms with E-state index in [9.17, 15) is 0 Å². The number of ether oxygens (including phenoxy) is 1. The topological polar surface area (TPSA) is 64.1 Å². The average Bonchev–Trinajstić information content (AvgIpc) is 3.61. The first-order valence-corrected chi connectivity index (χ1v) is 13.6. The van der Waals surface area contributed by atoms with E-state index in [1.807, 2.05) is 18.2 Å². The van der Waals surface area contributed by atoms with Gasteiger partial charge in [0.05, 0.1) is 16.8 Å². The van der Waals surface area contributed by atoms with Crippen LogP contribution >= 0.6 is 0 Å². The Hall–Kier alpha value is -4.84. The van der Waals surface area contributed by atoms with Gasteiger partial charge in [0.2, 0.25) is 0 Å². The Morgan fingerprint density at radius 1 is 0.925 bits per heavy atom. The number of nitrogens with zero attached hydrogens (tertiary/aromatic N) is 5. The van der Waals surface area contributed by atoms with E-state index < -0.39 is 5.41 Å². The molecule has 198 valence electrons. The van der Waals surface area contributed by atoms with Crippen molar-refractivity contribution < 1.29 is 4.74 Å². The molecule has 1 aliphatic carbocycles. The van der Waals surface area contributed by atoms with Crippen molar-refractivity contribution in [3.63, 3.8) is 0 Å². The van der Waals surface area contributed by atoms with E-state index in [0.717, 1.165) is 46.2 Å². The van der Waals surface area contributed by atoms with Crippen LogP contribution in [0.4, 0.5) is 0 Å². The van der Waals surface area contributed by atoms with Gasteiger partial charge < -0.3 is 9.30 Å². The Bertz CT molecular complexity index is 1660. The minimum atomic E-state index is -0.401. The average molecular weight is 526 g/mol. The summed E-state index contributed by atoms with van der Waals surface area (Å²) in [6.45, 7) is 9.41. The van der Waals surface area contributed by atoms with Crippen LogP contribution in [0.25, 0.3) is 22.5 Å². The monoisotopic (exact) mass is 525 g/mol. The molecule has 0 bridgehead atoms. The van der Waals surface area contributed by atoms with E-state index in [2.05, 4.69) is 131 Å². The minimum absolute atomic E-state index is 0.0461. The zero-order chi connectivity index (χ0) is 27.5. The first kappa shape index (κ1) is 25.4. The fraction of sp³-hybridized carbons (Fsp3) is 0.176. The van der Waals surface area contributed by atoms with Gasteiger partial charge in [0.1, 0.15) is 29.6 Å². The molecule has 3 aromatic carbocycles. The molecule has 6 nitrogen and oxygen atoms in total. The van der Waals surface area contributed by atoms with Crippen LogP contribution in [0.5, 0.6) is 5.75 Å². The van der Waals surface area contributed by atoms with Crippen LogP contribution < -0.4 is 4.74 Å². The Kier molecular flexibility index (Phi) is 6.83. The third-order valence-electron chi connectivity index (χ3n) is 7.62. The molecule has 2 heterocycles. The summed E-state index contributed by atoms with van der Waals surface area (Å²) in [5.74, 6) is 1.84. The van der Waals surface area contributed by atoms with Gasteiger partial charge in [0.15, 0.2) is 0 Å². The highest BCUT2D eigenvalue weighted by Crippen LogP contribution is 2.46. The smallest absolute Gasteiger partial charge is 0.134 e. The first-order valence-electron chi connectivity index (χ1n) is 13.6. The lowest BCUT2D eigenvalue weighted by Gasteiger charge is -2.35. The molecule has 1 aliphatic heterocycles. The molecular formula is C34H31N5O. The van der Waals surface area contributed by atoms with Crippen LogP contribution in [0.3, 0.4) is 0 Å². The standard InChI is InChI=1S/C34H31N5O/c1-4-39-32(26-16-9-6-10-17-26)31(25-14-7-5-8-15-25)35-33(39)34(3)21-12-11-20-29(34)27-18-13-19-28(22-27)40-23-30-24(2)36-38-37-30/h5-22,29H,2,4,23H2,1,3H3. The van der Waals surface area contributed by atoms with Crippen molar-refractivity contribution in [2.24, 2.45) is 15.4 Å². The second kappa shape index (κ2) is 10.7. The molecule has 1 aromatic heterocycles. The highest BCUT2D eigenvalue weighted by molar-refractivity contribution is 6.01. The summed E-state index contributed by atoms with van der Waals surface area (Å²) in [6.07, 6.45) is 8.80. The van der Waals surface area contributed by atoms with Crippen LogP contribution in [-0.4, -0.2) is 21.9 Å². The maximum atomic E-state index is 6.07. The fourth-order valence-electron chi connectivity index (χ4n) is 5.57. The van der Waals surface area contributed by atoms with Crippen molar-refractivity contribution in [1.29, 1.82) is 0 Å². The lowest BCUT2D eigenvalue weighted by molar-refractivity contribution is 0.375. The molecule has 0 fully saturated rings. The Morgan fingerprint density at radius 2 is 1.68 bits per heavy atom. The lowest BCUT2D eigenvalue weighted by Crippen LogP contribution is -2.32. The molecule has 2 atom stereocenters. The number of rotatable bonds is 8. The normalized spacial score (nSPS) is 19.7.